The molecular weight excluding hydrogens is 278 g/mol. The molecule has 0 radical (unpaired) electrons. The number of benzene rings is 2. The quantitative estimate of drug-likeness (QED) is 0.761. The van der Waals surface area contributed by atoms with E-state index in [1.165, 1.54) is 12.1 Å². The molecule has 0 aliphatic carbocycles. The van der Waals surface area contributed by atoms with Crippen LogP contribution in [0.4, 0.5) is 8.78 Å². The number of H-pyrrole nitrogens is 1. The highest BCUT2D eigenvalue weighted by Gasteiger charge is 2.10. The van der Waals surface area contributed by atoms with Crippen molar-refractivity contribution in [2.75, 3.05) is 0 Å². The van der Waals surface area contributed by atoms with Crippen molar-refractivity contribution >= 4 is 10.9 Å². The molecular formula is C15H10F2N2O2. The zero-order valence-corrected chi connectivity index (χ0v) is 10.7. The third kappa shape index (κ3) is 2.60. The van der Waals surface area contributed by atoms with Crippen LogP contribution in [0, 0.1) is 11.6 Å². The van der Waals surface area contributed by atoms with Crippen molar-refractivity contribution in [3.05, 3.63) is 69.8 Å². The summed E-state index contributed by atoms with van der Waals surface area (Å²) < 4.78 is 26.4. The molecule has 0 atom stereocenters. The Hall–Kier alpha value is -2.76. The molecule has 106 valence electrons. The van der Waals surface area contributed by atoms with E-state index in [2.05, 4.69) is 9.97 Å². The summed E-state index contributed by atoms with van der Waals surface area (Å²) in [4.78, 5) is 18.5. The molecule has 0 unspecified atom stereocenters. The maximum atomic E-state index is 13.2. The normalized spacial score (nSPS) is 11.0. The van der Waals surface area contributed by atoms with Crippen LogP contribution >= 0.6 is 0 Å². The first-order valence-electron chi connectivity index (χ1n) is 6.19. The maximum absolute atomic E-state index is 13.2. The summed E-state index contributed by atoms with van der Waals surface area (Å²) in [5, 5.41) is 9.39. The minimum atomic E-state index is -1.09. The summed E-state index contributed by atoms with van der Waals surface area (Å²) in [5.74, 6) is -1.73. The Morgan fingerprint density at radius 2 is 1.90 bits per heavy atom. The topological polar surface area (TPSA) is 66.0 Å². The Labute approximate surface area is 117 Å². The molecule has 6 heteroatoms. The number of rotatable bonds is 2. The number of halogens is 2. The Morgan fingerprint density at radius 1 is 1.14 bits per heavy atom. The lowest BCUT2D eigenvalue weighted by Gasteiger charge is -2.04. The van der Waals surface area contributed by atoms with E-state index >= 15 is 0 Å². The fraction of sp³-hybridized carbons (Fsp3) is 0.0667. The van der Waals surface area contributed by atoms with Crippen molar-refractivity contribution in [3.8, 4) is 5.75 Å². The maximum Gasteiger partial charge on any atom is 0.258 e. The molecule has 0 aliphatic rings. The highest BCUT2D eigenvalue weighted by Crippen LogP contribution is 2.16. The monoisotopic (exact) mass is 288 g/mol. The number of phenolic OH excluding ortho intramolecular Hbond substituents is 1. The standard InChI is InChI=1S/C15H10F2N2O2/c16-11-6-10-13(7-12(11)17)18-14(19-15(10)21)5-8-2-1-3-9(20)4-8/h1-4,6-7,20H,5H2,(H,18,19,21). The van der Waals surface area contributed by atoms with Gasteiger partial charge in [-0.2, -0.15) is 0 Å². The summed E-state index contributed by atoms with van der Waals surface area (Å²) in [7, 11) is 0. The number of aromatic nitrogens is 2. The molecule has 3 rings (SSSR count). The molecule has 4 nitrogen and oxygen atoms in total. The van der Waals surface area contributed by atoms with Gasteiger partial charge in [-0.25, -0.2) is 13.8 Å². The molecule has 0 amide bonds. The van der Waals surface area contributed by atoms with Crippen LogP contribution in [0.5, 0.6) is 5.75 Å². The van der Waals surface area contributed by atoms with E-state index in [0.717, 1.165) is 17.7 Å². The number of aromatic amines is 1. The number of nitrogens with zero attached hydrogens (tertiary/aromatic N) is 1. The van der Waals surface area contributed by atoms with E-state index in [1.54, 1.807) is 12.1 Å². The fourth-order valence-corrected chi connectivity index (χ4v) is 2.13. The fourth-order valence-electron chi connectivity index (χ4n) is 2.13. The van der Waals surface area contributed by atoms with E-state index in [4.69, 9.17) is 0 Å². The summed E-state index contributed by atoms with van der Waals surface area (Å²) >= 11 is 0. The molecule has 3 aromatic rings. The second-order valence-corrected chi connectivity index (χ2v) is 4.64. The smallest absolute Gasteiger partial charge is 0.258 e. The summed E-state index contributed by atoms with van der Waals surface area (Å²) in [6, 6.07) is 8.21. The molecule has 1 heterocycles. The van der Waals surface area contributed by atoms with Crippen LogP contribution < -0.4 is 5.56 Å². The Bertz CT molecular complexity index is 890. The lowest BCUT2D eigenvalue weighted by molar-refractivity contribution is 0.474. The zero-order chi connectivity index (χ0) is 15.0. The van der Waals surface area contributed by atoms with Crippen molar-refractivity contribution in [1.82, 2.24) is 9.97 Å². The summed E-state index contributed by atoms with van der Waals surface area (Å²) in [5.41, 5.74) is 0.293. The zero-order valence-electron chi connectivity index (χ0n) is 10.7. The number of nitrogens with one attached hydrogen (secondary N) is 1. The number of aromatic hydroxyl groups is 1. The van der Waals surface area contributed by atoms with Gasteiger partial charge in [-0.05, 0) is 23.8 Å². The minimum Gasteiger partial charge on any atom is -0.508 e. The van der Waals surface area contributed by atoms with Gasteiger partial charge in [-0.1, -0.05) is 12.1 Å². The second kappa shape index (κ2) is 4.97. The van der Waals surface area contributed by atoms with Crippen LogP contribution in [0.1, 0.15) is 11.4 Å². The number of hydrogen-bond donors (Lipinski definition) is 2. The van der Waals surface area contributed by atoms with Crippen LogP contribution in [-0.2, 0) is 6.42 Å². The Balaban J connectivity index is 2.08. The molecule has 1 aromatic heterocycles. The van der Waals surface area contributed by atoms with E-state index < -0.39 is 17.2 Å². The minimum absolute atomic E-state index is 0.00596. The van der Waals surface area contributed by atoms with Gasteiger partial charge in [0.1, 0.15) is 11.6 Å². The van der Waals surface area contributed by atoms with Gasteiger partial charge in [0.2, 0.25) is 0 Å². The summed E-state index contributed by atoms with van der Waals surface area (Å²) in [6.07, 6.45) is 0.262. The van der Waals surface area contributed by atoms with E-state index in [1.807, 2.05) is 0 Å². The Morgan fingerprint density at radius 3 is 2.67 bits per heavy atom. The van der Waals surface area contributed by atoms with Crippen LogP contribution in [0.3, 0.4) is 0 Å². The van der Waals surface area contributed by atoms with Crippen molar-refractivity contribution in [2.45, 2.75) is 6.42 Å². The van der Waals surface area contributed by atoms with Crippen LogP contribution in [0.2, 0.25) is 0 Å². The average Bonchev–Trinajstić information content (AvgIpc) is 2.41. The van der Waals surface area contributed by atoms with Gasteiger partial charge in [0.25, 0.3) is 5.56 Å². The largest absolute Gasteiger partial charge is 0.508 e. The first-order valence-corrected chi connectivity index (χ1v) is 6.19. The molecule has 0 saturated heterocycles. The number of hydrogen-bond acceptors (Lipinski definition) is 3. The van der Waals surface area contributed by atoms with Gasteiger partial charge >= 0.3 is 0 Å². The lowest BCUT2D eigenvalue weighted by atomic mass is 10.1. The van der Waals surface area contributed by atoms with Gasteiger partial charge in [0.15, 0.2) is 11.6 Å². The first-order chi connectivity index (χ1) is 10.0. The van der Waals surface area contributed by atoms with Gasteiger partial charge < -0.3 is 10.1 Å². The molecule has 0 spiro atoms. The van der Waals surface area contributed by atoms with Crippen LogP contribution in [0.25, 0.3) is 10.9 Å². The van der Waals surface area contributed by atoms with Crippen molar-refractivity contribution in [3.63, 3.8) is 0 Å². The Kier molecular flexibility index (Phi) is 3.13. The van der Waals surface area contributed by atoms with Gasteiger partial charge in [-0.3, -0.25) is 4.79 Å². The van der Waals surface area contributed by atoms with Gasteiger partial charge in [0.05, 0.1) is 10.9 Å². The van der Waals surface area contributed by atoms with Crippen LogP contribution in [0.15, 0.2) is 41.2 Å². The molecule has 2 N–H and O–H groups in total. The van der Waals surface area contributed by atoms with Crippen molar-refractivity contribution in [1.29, 1.82) is 0 Å². The number of phenols is 1. The first kappa shape index (κ1) is 13.2. The van der Waals surface area contributed by atoms with E-state index in [9.17, 15) is 18.7 Å². The van der Waals surface area contributed by atoms with Crippen molar-refractivity contribution < 1.29 is 13.9 Å². The molecule has 0 saturated carbocycles. The lowest BCUT2D eigenvalue weighted by Crippen LogP contribution is -2.13. The number of fused-ring (bicyclic) bond motifs is 1. The molecule has 0 aliphatic heterocycles. The third-order valence-corrected chi connectivity index (χ3v) is 3.08. The predicted molar refractivity (Wildman–Crippen MR) is 73.2 cm³/mol. The second-order valence-electron chi connectivity index (χ2n) is 4.64. The summed E-state index contributed by atoms with van der Waals surface area (Å²) in [6.45, 7) is 0. The van der Waals surface area contributed by atoms with Gasteiger partial charge in [-0.15, -0.1) is 0 Å². The predicted octanol–water partition coefficient (Wildman–Crippen LogP) is 2.50. The van der Waals surface area contributed by atoms with E-state index in [-0.39, 0.29) is 23.1 Å². The highest BCUT2D eigenvalue weighted by atomic mass is 19.2. The third-order valence-electron chi connectivity index (χ3n) is 3.08. The van der Waals surface area contributed by atoms with Gasteiger partial charge in [0, 0.05) is 12.5 Å². The molecule has 21 heavy (non-hydrogen) atoms. The molecule has 0 fully saturated rings. The molecule has 2 aromatic carbocycles. The molecule has 0 bridgehead atoms. The van der Waals surface area contributed by atoms with Crippen molar-refractivity contribution in [2.24, 2.45) is 0 Å². The average molecular weight is 288 g/mol. The SMILES string of the molecule is O=c1[nH]c(Cc2cccc(O)c2)nc2cc(F)c(F)cc12. The van der Waals surface area contributed by atoms with Crippen LogP contribution in [-0.4, -0.2) is 15.1 Å². The van der Waals surface area contributed by atoms with E-state index in [0.29, 0.717) is 5.82 Å². The highest BCUT2D eigenvalue weighted by molar-refractivity contribution is 5.77.